The molecule has 5 heteroatoms. The molecule has 0 spiro atoms. The zero-order valence-electron chi connectivity index (χ0n) is 12.0. The number of ketones is 1. The first kappa shape index (κ1) is 16.0. The number of hydrogen-bond donors (Lipinski definition) is 3. The van der Waals surface area contributed by atoms with Crippen LogP contribution < -0.4 is 0 Å². The molecule has 2 aromatic rings. The van der Waals surface area contributed by atoms with Crippen LogP contribution in [0.2, 0.25) is 0 Å². The number of phenolic OH excluding ortho intramolecular Hbond substituents is 2. The smallest absolute Gasteiger partial charge is 0.339 e. The number of carboxylic acids is 1. The zero-order chi connectivity index (χ0) is 16.8. The third kappa shape index (κ3) is 4.57. The van der Waals surface area contributed by atoms with Crippen molar-refractivity contribution in [3.8, 4) is 11.5 Å². The fourth-order valence-corrected chi connectivity index (χ4v) is 1.91. The van der Waals surface area contributed by atoms with E-state index in [0.717, 1.165) is 6.08 Å². The van der Waals surface area contributed by atoms with E-state index in [-0.39, 0.29) is 11.5 Å². The molecule has 0 unspecified atom stereocenters. The van der Waals surface area contributed by atoms with Crippen LogP contribution in [0.4, 0.5) is 0 Å². The van der Waals surface area contributed by atoms with E-state index in [0.29, 0.717) is 11.1 Å². The molecule has 0 aromatic heterocycles. The molecule has 0 aliphatic rings. The molecule has 0 aliphatic carbocycles. The van der Waals surface area contributed by atoms with E-state index in [1.807, 2.05) is 0 Å². The second-order valence-corrected chi connectivity index (χ2v) is 4.75. The Morgan fingerprint density at radius 1 is 0.870 bits per heavy atom. The minimum Gasteiger partial charge on any atom is -0.508 e. The summed E-state index contributed by atoms with van der Waals surface area (Å²) in [6.07, 6.45) is 3.73. The second kappa shape index (κ2) is 7.09. The topological polar surface area (TPSA) is 94.8 Å². The molecule has 0 aliphatic heterocycles. The Balaban J connectivity index is 2.27. The van der Waals surface area contributed by atoms with Crippen LogP contribution in [-0.4, -0.2) is 27.1 Å². The van der Waals surface area contributed by atoms with Crippen LogP contribution >= 0.6 is 0 Å². The van der Waals surface area contributed by atoms with Crippen LogP contribution in [0.3, 0.4) is 0 Å². The number of benzene rings is 2. The van der Waals surface area contributed by atoms with E-state index in [9.17, 15) is 24.9 Å². The van der Waals surface area contributed by atoms with Gasteiger partial charge in [0.15, 0.2) is 5.78 Å². The van der Waals surface area contributed by atoms with Gasteiger partial charge in [-0.2, -0.15) is 0 Å². The number of aliphatic carboxylic acids is 1. The van der Waals surface area contributed by atoms with Gasteiger partial charge in [-0.1, -0.05) is 30.3 Å². The molecular formula is C18H14O5. The Hall–Kier alpha value is -3.34. The lowest BCUT2D eigenvalue weighted by molar-refractivity contribution is -0.133. The fraction of sp³-hybridized carbons (Fsp3) is 0. The number of carbonyl (C=O) groups excluding carboxylic acids is 1. The molecule has 5 nitrogen and oxygen atoms in total. The summed E-state index contributed by atoms with van der Waals surface area (Å²) in [7, 11) is 0. The summed E-state index contributed by atoms with van der Waals surface area (Å²) in [5.74, 6) is -2.03. The summed E-state index contributed by atoms with van der Waals surface area (Å²) < 4.78 is 0. The van der Waals surface area contributed by atoms with Crippen molar-refractivity contribution in [2.45, 2.75) is 0 Å². The largest absolute Gasteiger partial charge is 0.508 e. The van der Waals surface area contributed by atoms with Crippen LogP contribution in [0.15, 0.2) is 60.2 Å². The summed E-state index contributed by atoms with van der Waals surface area (Å²) in [6.45, 7) is 0. The highest BCUT2D eigenvalue weighted by molar-refractivity contribution is 6.25. The summed E-state index contributed by atoms with van der Waals surface area (Å²) >= 11 is 0. The SMILES string of the molecule is O=C(O)C(=Cc1cccc(O)c1)C(=O)C=Cc1cccc(O)c1. The van der Waals surface area contributed by atoms with E-state index < -0.39 is 17.3 Å². The monoisotopic (exact) mass is 310 g/mol. The molecule has 0 bridgehead atoms. The van der Waals surface area contributed by atoms with Crippen LogP contribution in [0.25, 0.3) is 12.2 Å². The lowest BCUT2D eigenvalue weighted by Crippen LogP contribution is -2.09. The first-order chi connectivity index (χ1) is 11.0. The quantitative estimate of drug-likeness (QED) is 0.448. The minimum atomic E-state index is -1.36. The van der Waals surface area contributed by atoms with Gasteiger partial charge in [0.25, 0.3) is 0 Å². The van der Waals surface area contributed by atoms with Gasteiger partial charge in [0.1, 0.15) is 17.1 Å². The van der Waals surface area contributed by atoms with Gasteiger partial charge in [-0.25, -0.2) is 4.79 Å². The Morgan fingerprint density at radius 3 is 2.00 bits per heavy atom. The predicted molar refractivity (Wildman–Crippen MR) is 85.9 cm³/mol. The molecule has 23 heavy (non-hydrogen) atoms. The molecule has 116 valence electrons. The Kier molecular flexibility index (Phi) is 4.94. The molecule has 2 rings (SSSR count). The Labute approximate surface area is 132 Å². The molecule has 2 aromatic carbocycles. The van der Waals surface area contributed by atoms with Gasteiger partial charge < -0.3 is 15.3 Å². The minimum absolute atomic E-state index is 0.0220. The number of allylic oxidation sites excluding steroid dienone is 1. The Morgan fingerprint density at radius 2 is 1.43 bits per heavy atom. The second-order valence-electron chi connectivity index (χ2n) is 4.75. The van der Waals surface area contributed by atoms with Crippen LogP contribution in [-0.2, 0) is 9.59 Å². The van der Waals surface area contributed by atoms with Gasteiger partial charge >= 0.3 is 5.97 Å². The van der Waals surface area contributed by atoms with E-state index in [2.05, 4.69) is 0 Å². The molecule has 0 heterocycles. The van der Waals surface area contributed by atoms with Crippen molar-refractivity contribution in [3.63, 3.8) is 0 Å². The zero-order valence-corrected chi connectivity index (χ0v) is 12.0. The van der Waals surface area contributed by atoms with Gasteiger partial charge in [-0.3, -0.25) is 4.79 Å². The van der Waals surface area contributed by atoms with Crippen molar-refractivity contribution in [1.29, 1.82) is 0 Å². The predicted octanol–water partition coefficient (Wildman–Crippen LogP) is 2.85. The Bertz CT molecular complexity index is 803. The van der Waals surface area contributed by atoms with Crippen molar-refractivity contribution in [3.05, 3.63) is 71.3 Å². The summed E-state index contributed by atoms with van der Waals surface area (Å²) in [5, 5.41) is 27.9. The lowest BCUT2D eigenvalue weighted by atomic mass is 10.1. The average Bonchev–Trinajstić information content (AvgIpc) is 2.50. The lowest BCUT2D eigenvalue weighted by Gasteiger charge is -2.00. The van der Waals surface area contributed by atoms with Crippen molar-refractivity contribution in [2.75, 3.05) is 0 Å². The number of aromatic hydroxyl groups is 2. The maximum Gasteiger partial charge on any atom is 0.339 e. The van der Waals surface area contributed by atoms with Gasteiger partial charge in [-0.05, 0) is 47.5 Å². The highest BCUT2D eigenvalue weighted by Crippen LogP contribution is 2.16. The average molecular weight is 310 g/mol. The maximum absolute atomic E-state index is 12.1. The first-order valence-corrected chi connectivity index (χ1v) is 6.71. The van der Waals surface area contributed by atoms with Crippen molar-refractivity contribution in [1.82, 2.24) is 0 Å². The summed E-state index contributed by atoms with van der Waals surface area (Å²) in [6, 6.07) is 12.1. The van der Waals surface area contributed by atoms with E-state index in [1.54, 1.807) is 24.3 Å². The van der Waals surface area contributed by atoms with Crippen LogP contribution in [0, 0.1) is 0 Å². The fourth-order valence-electron chi connectivity index (χ4n) is 1.91. The van der Waals surface area contributed by atoms with Gasteiger partial charge in [0, 0.05) is 0 Å². The molecule has 0 atom stereocenters. The summed E-state index contributed by atoms with van der Waals surface area (Å²) in [5.41, 5.74) is 0.550. The molecule has 3 N–H and O–H groups in total. The highest BCUT2D eigenvalue weighted by Gasteiger charge is 2.14. The number of hydrogen-bond acceptors (Lipinski definition) is 4. The van der Waals surface area contributed by atoms with E-state index in [1.165, 1.54) is 36.4 Å². The number of carboxylic acid groups (broad SMARTS) is 1. The molecule has 0 amide bonds. The number of rotatable bonds is 5. The normalized spacial score (nSPS) is 11.6. The van der Waals surface area contributed by atoms with Crippen LogP contribution in [0.5, 0.6) is 11.5 Å². The molecular weight excluding hydrogens is 296 g/mol. The molecule has 0 radical (unpaired) electrons. The number of phenols is 2. The van der Waals surface area contributed by atoms with E-state index >= 15 is 0 Å². The first-order valence-electron chi connectivity index (χ1n) is 6.71. The van der Waals surface area contributed by atoms with Gasteiger partial charge in [0.2, 0.25) is 0 Å². The van der Waals surface area contributed by atoms with E-state index in [4.69, 9.17) is 0 Å². The van der Waals surface area contributed by atoms with Gasteiger partial charge in [-0.15, -0.1) is 0 Å². The maximum atomic E-state index is 12.1. The molecule has 0 fully saturated rings. The summed E-state index contributed by atoms with van der Waals surface area (Å²) in [4.78, 5) is 23.3. The molecule has 0 saturated heterocycles. The third-order valence-corrected chi connectivity index (χ3v) is 2.97. The van der Waals surface area contributed by atoms with Crippen molar-refractivity contribution < 1.29 is 24.9 Å². The third-order valence-electron chi connectivity index (χ3n) is 2.97. The van der Waals surface area contributed by atoms with Crippen molar-refractivity contribution in [2.24, 2.45) is 0 Å². The number of carbonyl (C=O) groups is 2. The van der Waals surface area contributed by atoms with Crippen molar-refractivity contribution >= 4 is 23.9 Å². The van der Waals surface area contributed by atoms with Gasteiger partial charge in [0.05, 0.1) is 0 Å². The highest BCUT2D eigenvalue weighted by atomic mass is 16.4. The standard InChI is InChI=1S/C18H14O5/c19-14-5-1-3-12(9-14)7-8-17(21)16(18(22)23)11-13-4-2-6-15(20)10-13/h1-11,19-20H,(H,22,23). The van der Waals surface area contributed by atoms with Crippen LogP contribution in [0.1, 0.15) is 11.1 Å². The molecule has 0 saturated carbocycles.